The molecule has 122 valence electrons. The number of rotatable bonds is 3. The van der Waals surface area contributed by atoms with E-state index in [9.17, 15) is 0 Å². The van der Waals surface area contributed by atoms with Gasteiger partial charge in [-0.1, -0.05) is 5.73 Å². The van der Waals surface area contributed by atoms with Crippen molar-refractivity contribution in [3.63, 3.8) is 0 Å². The van der Waals surface area contributed by atoms with Crippen LogP contribution < -0.4 is 11.2 Å². The SMILES string of the molecule is COC1=C[C@@H](C2NN(C)C3=C2C(N)=C=CCC=N3)CC(OC)=C1. The van der Waals surface area contributed by atoms with E-state index in [1.807, 2.05) is 30.4 Å². The molecule has 2 atom stereocenters. The van der Waals surface area contributed by atoms with Crippen LogP contribution >= 0.6 is 0 Å². The van der Waals surface area contributed by atoms with Crippen LogP contribution in [0.15, 0.2) is 57.6 Å². The molecule has 0 fully saturated rings. The molecule has 6 nitrogen and oxygen atoms in total. The Balaban J connectivity index is 1.99. The Kier molecular flexibility index (Phi) is 4.28. The summed E-state index contributed by atoms with van der Waals surface area (Å²) in [5.74, 6) is 2.67. The van der Waals surface area contributed by atoms with Crippen LogP contribution in [0.4, 0.5) is 0 Å². The summed E-state index contributed by atoms with van der Waals surface area (Å²) in [5, 5.41) is 1.92. The molecule has 1 unspecified atom stereocenters. The van der Waals surface area contributed by atoms with Crippen LogP contribution in [0.3, 0.4) is 0 Å². The quantitative estimate of drug-likeness (QED) is 0.774. The third kappa shape index (κ3) is 2.91. The Labute approximate surface area is 136 Å². The van der Waals surface area contributed by atoms with Gasteiger partial charge in [-0.25, -0.2) is 10.4 Å². The van der Waals surface area contributed by atoms with E-state index in [4.69, 9.17) is 15.2 Å². The van der Waals surface area contributed by atoms with Gasteiger partial charge in [0.1, 0.15) is 11.6 Å². The zero-order chi connectivity index (χ0) is 16.4. The fourth-order valence-electron chi connectivity index (χ4n) is 3.10. The van der Waals surface area contributed by atoms with Crippen LogP contribution in [0.2, 0.25) is 0 Å². The molecule has 6 heteroatoms. The van der Waals surface area contributed by atoms with Crippen LogP contribution in [0, 0.1) is 5.92 Å². The molecule has 2 aliphatic heterocycles. The standard InChI is InChI=1S/C17H22N4O2/c1-21-17-15(14(18)6-4-5-7-19-17)16(20-21)11-8-12(22-2)10-13(9-11)23-3/h4,7-8,10-11,16,20H,5,9,18H2,1-3H3/t6?,11-,16?/m1/s1. The Morgan fingerprint density at radius 3 is 2.96 bits per heavy atom. The lowest BCUT2D eigenvalue weighted by molar-refractivity contribution is 0.221. The fourth-order valence-corrected chi connectivity index (χ4v) is 3.10. The monoisotopic (exact) mass is 314 g/mol. The first-order chi connectivity index (χ1) is 11.1. The average molecular weight is 314 g/mol. The largest absolute Gasteiger partial charge is 0.501 e. The molecule has 0 saturated carbocycles. The summed E-state index contributed by atoms with van der Waals surface area (Å²) in [6, 6.07) is -0.00449. The van der Waals surface area contributed by atoms with E-state index < -0.39 is 0 Å². The van der Waals surface area contributed by atoms with Crippen molar-refractivity contribution in [1.82, 2.24) is 10.4 Å². The number of nitrogens with zero attached hydrogens (tertiary/aromatic N) is 2. The smallest absolute Gasteiger partial charge is 0.149 e. The van der Waals surface area contributed by atoms with Crippen molar-refractivity contribution >= 4 is 6.21 Å². The van der Waals surface area contributed by atoms with Crippen molar-refractivity contribution in [2.45, 2.75) is 18.9 Å². The Bertz CT molecular complexity index is 681. The topological polar surface area (TPSA) is 72.1 Å². The lowest BCUT2D eigenvalue weighted by Gasteiger charge is -2.27. The Morgan fingerprint density at radius 2 is 2.22 bits per heavy atom. The highest BCUT2D eigenvalue weighted by Gasteiger charge is 2.37. The second-order valence-electron chi connectivity index (χ2n) is 5.67. The van der Waals surface area contributed by atoms with Crippen LogP contribution in [0.5, 0.6) is 0 Å². The number of hydrazine groups is 1. The Morgan fingerprint density at radius 1 is 1.39 bits per heavy atom. The predicted molar refractivity (Wildman–Crippen MR) is 88.9 cm³/mol. The number of allylic oxidation sites excluding steroid dienone is 2. The van der Waals surface area contributed by atoms with E-state index in [0.717, 1.165) is 35.8 Å². The van der Waals surface area contributed by atoms with Crippen molar-refractivity contribution < 1.29 is 9.47 Å². The molecule has 0 aromatic rings. The number of hydrogen-bond donors (Lipinski definition) is 2. The van der Waals surface area contributed by atoms with Crippen LogP contribution in [0.1, 0.15) is 12.8 Å². The number of aliphatic imine (C=N–C) groups is 1. The molecule has 23 heavy (non-hydrogen) atoms. The molecular formula is C17H22N4O2. The summed E-state index contributed by atoms with van der Waals surface area (Å²) in [6.07, 6.45) is 9.28. The first-order valence-corrected chi connectivity index (χ1v) is 7.62. The first-order valence-electron chi connectivity index (χ1n) is 7.62. The number of nitrogens with one attached hydrogen (secondary N) is 1. The van der Waals surface area contributed by atoms with Crippen molar-refractivity contribution in [2.24, 2.45) is 16.6 Å². The summed E-state index contributed by atoms with van der Waals surface area (Å²) in [6.45, 7) is 0. The molecule has 3 N–H and O–H groups in total. The van der Waals surface area contributed by atoms with Gasteiger partial charge in [-0.15, -0.1) is 0 Å². The summed E-state index contributed by atoms with van der Waals surface area (Å²) in [7, 11) is 5.29. The van der Waals surface area contributed by atoms with Gasteiger partial charge in [0.05, 0.1) is 31.7 Å². The van der Waals surface area contributed by atoms with Gasteiger partial charge in [-0.05, 0) is 12.2 Å². The molecule has 0 spiro atoms. The molecule has 0 aromatic carbocycles. The first kappa shape index (κ1) is 15.5. The van der Waals surface area contributed by atoms with Crippen molar-refractivity contribution in [3.8, 4) is 0 Å². The minimum Gasteiger partial charge on any atom is -0.501 e. The van der Waals surface area contributed by atoms with Gasteiger partial charge in [0, 0.05) is 43.7 Å². The normalized spacial score (nSPS) is 26.9. The van der Waals surface area contributed by atoms with Gasteiger partial charge < -0.3 is 15.2 Å². The minimum atomic E-state index is -0.00449. The van der Waals surface area contributed by atoms with Crippen LogP contribution in [0.25, 0.3) is 0 Å². The second-order valence-corrected chi connectivity index (χ2v) is 5.67. The summed E-state index contributed by atoms with van der Waals surface area (Å²) >= 11 is 0. The van der Waals surface area contributed by atoms with E-state index >= 15 is 0 Å². The average Bonchev–Trinajstić information content (AvgIpc) is 2.88. The van der Waals surface area contributed by atoms with Gasteiger partial charge >= 0.3 is 0 Å². The molecule has 0 amide bonds. The highest BCUT2D eigenvalue weighted by atomic mass is 16.5. The van der Waals surface area contributed by atoms with E-state index in [1.54, 1.807) is 14.2 Å². The van der Waals surface area contributed by atoms with Crippen LogP contribution in [-0.2, 0) is 9.47 Å². The van der Waals surface area contributed by atoms with E-state index in [1.165, 1.54) is 0 Å². The van der Waals surface area contributed by atoms with Gasteiger partial charge in [0.15, 0.2) is 0 Å². The zero-order valence-corrected chi connectivity index (χ0v) is 13.7. The van der Waals surface area contributed by atoms with Crippen LogP contribution in [-0.4, -0.2) is 38.5 Å². The van der Waals surface area contributed by atoms with E-state index in [0.29, 0.717) is 5.70 Å². The zero-order valence-electron chi connectivity index (χ0n) is 13.7. The lowest BCUT2D eigenvalue weighted by atomic mass is 9.86. The maximum atomic E-state index is 6.26. The molecule has 0 bridgehead atoms. The highest BCUT2D eigenvalue weighted by molar-refractivity contribution is 5.63. The summed E-state index contributed by atoms with van der Waals surface area (Å²) in [4.78, 5) is 4.55. The molecule has 0 radical (unpaired) electrons. The lowest BCUT2D eigenvalue weighted by Crippen LogP contribution is -2.40. The number of hydrogen-bond acceptors (Lipinski definition) is 6. The van der Waals surface area contributed by atoms with Gasteiger partial charge in [0.25, 0.3) is 0 Å². The maximum Gasteiger partial charge on any atom is 0.149 e. The molecule has 3 rings (SSSR count). The highest BCUT2D eigenvalue weighted by Crippen LogP contribution is 2.35. The second kappa shape index (κ2) is 6.36. The summed E-state index contributed by atoms with van der Waals surface area (Å²) < 4.78 is 10.8. The number of ether oxygens (including phenoxy) is 2. The fraction of sp³-hybridized carbons (Fsp3) is 0.412. The molecule has 0 aromatic heterocycles. The third-order valence-corrected chi connectivity index (χ3v) is 4.23. The minimum absolute atomic E-state index is 0.00449. The van der Waals surface area contributed by atoms with Gasteiger partial charge in [-0.2, -0.15) is 0 Å². The molecule has 0 saturated heterocycles. The summed E-state index contributed by atoms with van der Waals surface area (Å²) in [5.41, 5.74) is 14.5. The molecular weight excluding hydrogens is 292 g/mol. The Hall–Kier alpha value is -2.43. The van der Waals surface area contributed by atoms with Crippen molar-refractivity contribution in [2.75, 3.05) is 21.3 Å². The molecule has 2 heterocycles. The molecule has 1 aliphatic carbocycles. The van der Waals surface area contributed by atoms with Crippen molar-refractivity contribution in [3.05, 3.63) is 52.6 Å². The number of nitrogens with two attached hydrogens (primary N) is 1. The van der Waals surface area contributed by atoms with E-state index in [2.05, 4.69) is 22.2 Å². The predicted octanol–water partition coefficient (Wildman–Crippen LogP) is 1.57. The molecule has 3 aliphatic rings. The van der Waals surface area contributed by atoms with Gasteiger partial charge in [0.2, 0.25) is 0 Å². The number of methoxy groups -OCH3 is 2. The maximum absolute atomic E-state index is 6.26. The van der Waals surface area contributed by atoms with Crippen molar-refractivity contribution in [1.29, 1.82) is 0 Å². The van der Waals surface area contributed by atoms with E-state index in [-0.39, 0.29) is 12.0 Å². The third-order valence-electron chi connectivity index (χ3n) is 4.23. The van der Waals surface area contributed by atoms with Gasteiger partial charge in [-0.3, -0.25) is 5.01 Å².